The Morgan fingerprint density at radius 3 is 2.79 bits per heavy atom. The number of nitrogens with zero attached hydrogens (tertiary/aromatic N) is 1. The molecule has 2 aromatic rings. The van der Waals surface area contributed by atoms with Gasteiger partial charge in [-0.25, -0.2) is 0 Å². The molecule has 3 aliphatic rings. The summed E-state index contributed by atoms with van der Waals surface area (Å²) in [5.74, 6) is 0.0695. The molecule has 3 heterocycles. The number of piperidine rings is 1. The number of carbonyl (C=O) groups excluding carboxylic acids is 1. The third kappa shape index (κ3) is 4.85. The van der Waals surface area contributed by atoms with Crippen molar-refractivity contribution in [2.45, 2.75) is 37.6 Å². The van der Waals surface area contributed by atoms with Crippen LogP contribution in [-0.4, -0.2) is 55.4 Å². The molecule has 7 nitrogen and oxygen atoms in total. The van der Waals surface area contributed by atoms with Gasteiger partial charge in [-0.2, -0.15) is 8.78 Å². The number of carbonyl (C=O) groups is 1. The summed E-state index contributed by atoms with van der Waals surface area (Å²) < 4.78 is 42.4. The molecule has 3 aliphatic heterocycles. The molecule has 2 fully saturated rings. The van der Waals surface area contributed by atoms with Crippen molar-refractivity contribution in [1.29, 1.82) is 0 Å². The summed E-state index contributed by atoms with van der Waals surface area (Å²) in [4.78, 5) is 20.3. The number of amides is 1. The van der Waals surface area contributed by atoms with Crippen LogP contribution in [0.4, 0.5) is 8.78 Å². The lowest BCUT2D eigenvalue weighted by molar-refractivity contribution is -0.0525. The highest BCUT2D eigenvalue weighted by atomic mass is 19.3. The zero-order chi connectivity index (χ0) is 23.5. The van der Waals surface area contributed by atoms with E-state index >= 15 is 0 Å². The molecule has 1 N–H and O–H groups in total. The maximum Gasteiger partial charge on any atom is 0.387 e. The number of hydroxylamine groups is 1. The molecular formula is C25H26F2N2O5. The summed E-state index contributed by atoms with van der Waals surface area (Å²) in [5.41, 5.74) is 4.44. The van der Waals surface area contributed by atoms with E-state index < -0.39 is 12.2 Å². The number of ether oxygens (including phenoxy) is 3. The van der Waals surface area contributed by atoms with Gasteiger partial charge in [0.2, 0.25) is 0 Å². The van der Waals surface area contributed by atoms with Crippen molar-refractivity contribution in [3.05, 3.63) is 65.7 Å². The highest BCUT2D eigenvalue weighted by Gasteiger charge is 2.39. The molecule has 34 heavy (non-hydrogen) atoms. The van der Waals surface area contributed by atoms with Crippen LogP contribution in [0, 0.1) is 0 Å². The number of halogens is 2. The van der Waals surface area contributed by atoms with Crippen LogP contribution >= 0.6 is 0 Å². The molecule has 2 saturated heterocycles. The monoisotopic (exact) mass is 472 g/mol. The predicted octanol–water partition coefficient (Wildman–Crippen LogP) is 4.01. The number of likely N-dealkylation sites (tertiary alicyclic amines) is 1. The van der Waals surface area contributed by atoms with Crippen LogP contribution in [0.1, 0.15) is 35.2 Å². The van der Waals surface area contributed by atoms with Crippen molar-refractivity contribution in [3.63, 3.8) is 0 Å². The van der Waals surface area contributed by atoms with Crippen LogP contribution in [0.2, 0.25) is 0 Å². The first kappa shape index (κ1) is 22.6. The largest absolute Gasteiger partial charge is 0.485 e. The third-order valence-electron chi connectivity index (χ3n) is 6.24. The van der Waals surface area contributed by atoms with E-state index in [1.54, 1.807) is 29.2 Å². The normalized spacial score (nSPS) is 24.3. The van der Waals surface area contributed by atoms with Crippen LogP contribution in [0.15, 0.2) is 54.6 Å². The highest BCUT2D eigenvalue weighted by Crippen LogP contribution is 2.37. The average Bonchev–Trinajstić information content (AvgIpc) is 3.50. The Hall–Kier alpha value is -3.17. The van der Waals surface area contributed by atoms with E-state index in [2.05, 4.69) is 5.48 Å². The second kappa shape index (κ2) is 9.60. The quantitative estimate of drug-likeness (QED) is 0.686. The maximum atomic E-state index is 13.0. The van der Waals surface area contributed by atoms with E-state index in [1.807, 2.05) is 24.3 Å². The number of hydrogen-bond donors (Lipinski definition) is 1. The van der Waals surface area contributed by atoms with Crippen LogP contribution in [0.25, 0.3) is 5.70 Å². The smallest absolute Gasteiger partial charge is 0.387 e. The number of benzene rings is 2. The fourth-order valence-corrected chi connectivity index (χ4v) is 4.50. The summed E-state index contributed by atoms with van der Waals surface area (Å²) in [7, 11) is 0. The molecule has 0 aromatic heterocycles. The topological polar surface area (TPSA) is 69.3 Å². The first-order chi connectivity index (χ1) is 16.5. The number of hydrogen-bond acceptors (Lipinski definition) is 6. The lowest BCUT2D eigenvalue weighted by Crippen LogP contribution is -2.44. The van der Waals surface area contributed by atoms with E-state index in [4.69, 9.17) is 19.0 Å². The summed E-state index contributed by atoms with van der Waals surface area (Å²) in [5, 5.41) is 0. The average molecular weight is 472 g/mol. The van der Waals surface area contributed by atoms with Gasteiger partial charge in [0.05, 0.1) is 18.8 Å². The Kier molecular flexibility index (Phi) is 6.38. The van der Waals surface area contributed by atoms with E-state index in [1.165, 1.54) is 6.07 Å². The lowest BCUT2D eigenvalue weighted by Gasteiger charge is -2.33. The van der Waals surface area contributed by atoms with Crippen molar-refractivity contribution < 1.29 is 32.6 Å². The van der Waals surface area contributed by atoms with Crippen LogP contribution < -0.4 is 15.0 Å². The molecule has 0 aliphatic carbocycles. The molecule has 2 atom stereocenters. The van der Waals surface area contributed by atoms with Crippen molar-refractivity contribution >= 4 is 11.6 Å². The Morgan fingerprint density at radius 1 is 1.18 bits per heavy atom. The van der Waals surface area contributed by atoms with Gasteiger partial charge in [-0.15, -0.1) is 0 Å². The molecule has 0 bridgehead atoms. The molecule has 180 valence electrons. The zero-order valence-corrected chi connectivity index (χ0v) is 18.5. The third-order valence-corrected chi connectivity index (χ3v) is 6.24. The molecule has 1 amide bonds. The maximum absolute atomic E-state index is 13.0. The molecule has 2 unspecified atom stereocenters. The Balaban J connectivity index is 1.35. The standard InChI is InChI=1S/C25H26F2N2O5/c26-24(27)33-21-9-8-18(20-14-25(34-28-20)10-12-31-16-25)13-22(21)32-19-7-4-11-29(15-19)23(30)17-5-2-1-3-6-17/h1-3,5-6,8-9,13-14,19,24,28H,4,7,10-12,15-16H2. The number of alkyl halides is 2. The van der Waals surface area contributed by atoms with Gasteiger partial charge < -0.3 is 19.1 Å². The molecule has 9 heteroatoms. The molecule has 2 aromatic carbocycles. The molecule has 0 saturated carbocycles. The second-order valence-electron chi connectivity index (χ2n) is 8.67. The van der Waals surface area contributed by atoms with Crippen molar-refractivity contribution in [3.8, 4) is 11.5 Å². The van der Waals surface area contributed by atoms with Gasteiger partial charge in [-0.3, -0.25) is 15.1 Å². The summed E-state index contributed by atoms with van der Waals surface area (Å²) in [6, 6.07) is 13.8. The Morgan fingerprint density at radius 2 is 2.03 bits per heavy atom. The van der Waals surface area contributed by atoms with E-state index in [0.29, 0.717) is 49.5 Å². The zero-order valence-electron chi connectivity index (χ0n) is 18.5. The van der Waals surface area contributed by atoms with Crippen LogP contribution in [0.5, 0.6) is 11.5 Å². The Labute approximate surface area is 196 Å². The first-order valence-electron chi connectivity index (χ1n) is 11.4. The van der Waals surface area contributed by atoms with Gasteiger partial charge in [0.15, 0.2) is 11.5 Å². The van der Waals surface area contributed by atoms with Crippen molar-refractivity contribution in [1.82, 2.24) is 10.4 Å². The SMILES string of the molecule is O=C(c1ccccc1)N1CCCC(Oc2cc(C3=CC4(CCOC4)ON3)ccc2OC(F)F)C1. The predicted molar refractivity (Wildman–Crippen MR) is 119 cm³/mol. The van der Waals surface area contributed by atoms with Gasteiger partial charge in [0, 0.05) is 30.7 Å². The van der Waals surface area contributed by atoms with Gasteiger partial charge in [0.1, 0.15) is 11.7 Å². The number of nitrogens with one attached hydrogen (secondary N) is 1. The van der Waals surface area contributed by atoms with E-state index in [9.17, 15) is 13.6 Å². The minimum atomic E-state index is -2.98. The van der Waals surface area contributed by atoms with E-state index in [0.717, 1.165) is 12.8 Å². The highest BCUT2D eigenvalue weighted by molar-refractivity contribution is 5.94. The van der Waals surface area contributed by atoms with Crippen LogP contribution in [-0.2, 0) is 9.57 Å². The first-order valence-corrected chi connectivity index (χ1v) is 11.4. The van der Waals surface area contributed by atoms with Crippen molar-refractivity contribution in [2.24, 2.45) is 0 Å². The van der Waals surface area contributed by atoms with E-state index in [-0.39, 0.29) is 23.5 Å². The van der Waals surface area contributed by atoms with Gasteiger partial charge in [0.25, 0.3) is 5.91 Å². The Bertz CT molecular complexity index is 1060. The molecular weight excluding hydrogens is 446 g/mol. The van der Waals surface area contributed by atoms with Gasteiger partial charge in [-0.1, -0.05) is 18.2 Å². The summed E-state index contributed by atoms with van der Waals surface area (Å²) in [6.07, 6.45) is 3.77. The fourth-order valence-electron chi connectivity index (χ4n) is 4.50. The lowest BCUT2D eigenvalue weighted by atomic mass is 10.0. The molecule has 5 rings (SSSR count). The second-order valence-corrected chi connectivity index (χ2v) is 8.67. The number of rotatable bonds is 6. The van der Waals surface area contributed by atoms with Crippen molar-refractivity contribution in [2.75, 3.05) is 26.3 Å². The fraction of sp³-hybridized carbons (Fsp3) is 0.400. The minimum Gasteiger partial charge on any atom is -0.485 e. The van der Waals surface area contributed by atoms with Crippen LogP contribution in [0.3, 0.4) is 0 Å². The molecule has 1 spiro atoms. The summed E-state index contributed by atoms with van der Waals surface area (Å²) >= 11 is 0. The minimum absolute atomic E-state index is 0.0521. The van der Waals surface area contributed by atoms with Gasteiger partial charge >= 0.3 is 6.61 Å². The molecule has 0 radical (unpaired) electrons. The summed E-state index contributed by atoms with van der Waals surface area (Å²) in [6.45, 7) is -0.946. The van der Waals surface area contributed by atoms with Gasteiger partial charge in [-0.05, 0) is 49.2 Å².